The standard InChI is InChI=1S/C15H18N2O3/c1-3-8-20-11-6-4-10(5-7-11)13-9-12(14(16)17-13)15(18)19-2/h4-7,9,17H,3,8,16H2,1-2H3. The largest absolute Gasteiger partial charge is 0.494 e. The molecule has 2 aromatic rings. The molecule has 0 radical (unpaired) electrons. The Morgan fingerprint density at radius 2 is 2.00 bits per heavy atom. The van der Waals surface area contributed by atoms with Crippen LogP contribution in [0.1, 0.15) is 23.7 Å². The molecule has 0 aliphatic rings. The maximum Gasteiger partial charge on any atom is 0.341 e. The van der Waals surface area contributed by atoms with E-state index in [-0.39, 0.29) is 0 Å². The van der Waals surface area contributed by atoms with Crippen LogP contribution in [0.25, 0.3) is 11.3 Å². The minimum Gasteiger partial charge on any atom is -0.494 e. The van der Waals surface area contributed by atoms with Crippen molar-refractivity contribution in [2.75, 3.05) is 19.5 Å². The molecule has 3 N–H and O–H groups in total. The van der Waals surface area contributed by atoms with Gasteiger partial charge in [-0.25, -0.2) is 4.79 Å². The highest BCUT2D eigenvalue weighted by Crippen LogP contribution is 2.25. The number of carbonyl (C=O) groups is 1. The average Bonchev–Trinajstić information content (AvgIpc) is 2.87. The summed E-state index contributed by atoms with van der Waals surface area (Å²) in [5.41, 5.74) is 7.81. The van der Waals surface area contributed by atoms with E-state index in [2.05, 4.69) is 16.6 Å². The number of benzene rings is 1. The van der Waals surface area contributed by atoms with E-state index in [1.807, 2.05) is 24.3 Å². The van der Waals surface area contributed by atoms with Gasteiger partial charge in [-0.05, 0) is 42.3 Å². The number of carbonyl (C=O) groups excluding carboxylic acids is 1. The highest BCUT2D eigenvalue weighted by molar-refractivity contribution is 5.96. The number of aromatic amines is 1. The molecule has 0 fully saturated rings. The number of rotatable bonds is 5. The van der Waals surface area contributed by atoms with Crippen LogP contribution in [0.5, 0.6) is 5.75 Å². The number of aromatic nitrogens is 1. The summed E-state index contributed by atoms with van der Waals surface area (Å²) in [6, 6.07) is 9.29. The first kappa shape index (κ1) is 14.0. The SMILES string of the molecule is CCCOc1ccc(-c2cc(C(=O)OC)c(N)[nH]2)cc1. The summed E-state index contributed by atoms with van der Waals surface area (Å²) >= 11 is 0. The molecule has 0 aliphatic carbocycles. The van der Waals surface area contributed by atoms with Crippen molar-refractivity contribution in [3.8, 4) is 17.0 Å². The van der Waals surface area contributed by atoms with Crippen LogP contribution in [0.4, 0.5) is 5.82 Å². The summed E-state index contributed by atoms with van der Waals surface area (Å²) in [4.78, 5) is 14.5. The monoisotopic (exact) mass is 274 g/mol. The summed E-state index contributed by atoms with van der Waals surface area (Å²) in [5.74, 6) is 0.675. The summed E-state index contributed by atoms with van der Waals surface area (Å²) in [6.07, 6.45) is 0.970. The van der Waals surface area contributed by atoms with Gasteiger partial charge in [-0.2, -0.15) is 0 Å². The molecule has 0 amide bonds. The molecule has 0 saturated carbocycles. The maximum atomic E-state index is 11.5. The summed E-state index contributed by atoms with van der Waals surface area (Å²) in [6.45, 7) is 2.76. The highest BCUT2D eigenvalue weighted by Gasteiger charge is 2.14. The number of anilines is 1. The van der Waals surface area contributed by atoms with Crippen LogP contribution in [-0.2, 0) is 4.74 Å². The van der Waals surface area contributed by atoms with Crippen molar-refractivity contribution in [2.24, 2.45) is 0 Å². The third-order valence-corrected chi connectivity index (χ3v) is 2.89. The Labute approximate surface area is 117 Å². The van der Waals surface area contributed by atoms with E-state index < -0.39 is 5.97 Å². The lowest BCUT2D eigenvalue weighted by Crippen LogP contribution is -2.02. The number of hydrogen-bond donors (Lipinski definition) is 2. The van der Waals surface area contributed by atoms with Crippen molar-refractivity contribution in [3.05, 3.63) is 35.9 Å². The first-order valence-corrected chi connectivity index (χ1v) is 6.45. The lowest BCUT2D eigenvalue weighted by Gasteiger charge is -2.05. The quantitative estimate of drug-likeness (QED) is 0.822. The van der Waals surface area contributed by atoms with Gasteiger partial charge in [0.25, 0.3) is 0 Å². The van der Waals surface area contributed by atoms with Gasteiger partial charge < -0.3 is 20.2 Å². The number of nitrogens with two attached hydrogens (primary N) is 1. The maximum absolute atomic E-state index is 11.5. The van der Waals surface area contributed by atoms with Crippen LogP contribution in [0.15, 0.2) is 30.3 Å². The van der Waals surface area contributed by atoms with E-state index in [9.17, 15) is 4.79 Å². The number of methoxy groups -OCH3 is 1. The van der Waals surface area contributed by atoms with Gasteiger partial charge in [0.15, 0.2) is 0 Å². The molecule has 1 aromatic carbocycles. The molecule has 0 aliphatic heterocycles. The lowest BCUT2D eigenvalue weighted by molar-refractivity contribution is 0.0602. The van der Waals surface area contributed by atoms with E-state index in [4.69, 9.17) is 10.5 Å². The Hall–Kier alpha value is -2.43. The molecule has 5 nitrogen and oxygen atoms in total. The lowest BCUT2D eigenvalue weighted by atomic mass is 10.1. The summed E-state index contributed by atoms with van der Waals surface area (Å²) < 4.78 is 10.2. The molecule has 0 unspecified atom stereocenters. The van der Waals surface area contributed by atoms with Gasteiger partial charge in [-0.15, -0.1) is 0 Å². The minimum atomic E-state index is -0.451. The van der Waals surface area contributed by atoms with Crippen molar-refractivity contribution in [1.82, 2.24) is 4.98 Å². The third kappa shape index (κ3) is 2.93. The van der Waals surface area contributed by atoms with Gasteiger partial charge in [0.05, 0.1) is 13.7 Å². The molecule has 106 valence electrons. The predicted molar refractivity (Wildman–Crippen MR) is 77.8 cm³/mol. The second-order valence-electron chi connectivity index (χ2n) is 4.37. The van der Waals surface area contributed by atoms with Crippen LogP contribution in [0.3, 0.4) is 0 Å². The molecule has 5 heteroatoms. The van der Waals surface area contributed by atoms with Gasteiger partial charge in [0, 0.05) is 5.69 Å². The van der Waals surface area contributed by atoms with Gasteiger partial charge >= 0.3 is 5.97 Å². The van der Waals surface area contributed by atoms with Crippen LogP contribution in [0, 0.1) is 0 Å². The summed E-state index contributed by atoms with van der Waals surface area (Å²) in [5, 5.41) is 0. The smallest absolute Gasteiger partial charge is 0.341 e. The fraction of sp³-hybridized carbons (Fsp3) is 0.267. The van der Waals surface area contributed by atoms with Crippen molar-refractivity contribution in [2.45, 2.75) is 13.3 Å². The predicted octanol–water partition coefficient (Wildman–Crippen LogP) is 2.84. The Morgan fingerprint density at radius 3 is 2.60 bits per heavy atom. The van der Waals surface area contributed by atoms with Crippen molar-refractivity contribution in [1.29, 1.82) is 0 Å². The molecular formula is C15H18N2O3. The molecule has 1 aromatic heterocycles. The van der Waals surface area contributed by atoms with E-state index in [0.29, 0.717) is 18.0 Å². The number of H-pyrrole nitrogens is 1. The molecule has 0 spiro atoms. The normalized spacial score (nSPS) is 10.3. The van der Waals surface area contributed by atoms with Crippen LogP contribution in [0.2, 0.25) is 0 Å². The van der Waals surface area contributed by atoms with Crippen molar-refractivity contribution in [3.63, 3.8) is 0 Å². The van der Waals surface area contributed by atoms with Gasteiger partial charge in [-0.1, -0.05) is 6.92 Å². The van der Waals surface area contributed by atoms with E-state index in [1.165, 1.54) is 7.11 Å². The first-order valence-electron chi connectivity index (χ1n) is 6.45. The third-order valence-electron chi connectivity index (χ3n) is 2.89. The van der Waals surface area contributed by atoms with Gasteiger partial charge in [0.2, 0.25) is 0 Å². The summed E-state index contributed by atoms with van der Waals surface area (Å²) in [7, 11) is 1.33. The van der Waals surface area contributed by atoms with Crippen LogP contribution < -0.4 is 10.5 Å². The second kappa shape index (κ2) is 6.14. The number of esters is 1. The fourth-order valence-electron chi connectivity index (χ4n) is 1.86. The Bertz CT molecular complexity index is 588. The van der Waals surface area contributed by atoms with E-state index in [0.717, 1.165) is 23.4 Å². The number of ether oxygens (including phenoxy) is 2. The average molecular weight is 274 g/mol. The molecule has 1 heterocycles. The minimum absolute atomic E-state index is 0.304. The van der Waals surface area contributed by atoms with E-state index in [1.54, 1.807) is 6.07 Å². The number of nitrogens with one attached hydrogen (secondary N) is 1. The van der Waals surface area contributed by atoms with Gasteiger partial charge in [-0.3, -0.25) is 0 Å². The zero-order valence-corrected chi connectivity index (χ0v) is 11.6. The topological polar surface area (TPSA) is 77.3 Å². The first-order chi connectivity index (χ1) is 9.65. The zero-order chi connectivity index (χ0) is 14.5. The van der Waals surface area contributed by atoms with E-state index >= 15 is 0 Å². The number of nitrogen functional groups attached to an aromatic ring is 1. The van der Waals surface area contributed by atoms with Crippen LogP contribution >= 0.6 is 0 Å². The van der Waals surface area contributed by atoms with Gasteiger partial charge in [0.1, 0.15) is 17.1 Å². The Balaban J connectivity index is 2.21. The Kier molecular flexibility index (Phi) is 4.30. The fourth-order valence-corrected chi connectivity index (χ4v) is 1.86. The molecule has 20 heavy (non-hydrogen) atoms. The molecule has 0 saturated heterocycles. The molecule has 0 atom stereocenters. The molecule has 2 rings (SSSR count). The zero-order valence-electron chi connectivity index (χ0n) is 11.6. The van der Waals surface area contributed by atoms with Crippen molar-refractivity contribution >= 4 is 11.8 Å². The Morgan fingerprint density at radius 1 is 1.30 bits per heavy atom. The number of hydrogen-bond acceptors (Lipinski definition) is 4. The highest BCUT2D eigenvalue weighted by atomic mass is 16.5. The van der Waals surface area contributed by atoms with Crippen LogP contribution in [-0.4, -0.2) is 24.7 Å². The van der Waals surface area contributed by atoms with Crippen molar-refractivity contribution < 1.29 is 14.3 Å². The molecule has 0 bridgehead atoms. The molecular weight excluding hydrogens is 256 g/mol. The second-order valence-corrected chi connectivity index (χ2v) is 4.37.